The third kappa shape index (κ3) is 7.95. The van der Waals surface area contributed by atoms with Crippen LogP contribution in [0.3, 0.4) is 0 Å². The largest absolute Gasteiger partial charge is 0.483 e. The molecule has 0 spiro atoms. The van der Waals surface area contributed by atoms with Crippen molar-refractivity contribution >= 4 is 39.0 Å². The van der Waals surface area contributed by atoms with E-state index in [0.717, 1.165) is 47.7 Å². The topological polar surface area (TPSA) is 141 Å². The number of rotatable bonds is 10. The average Bonchev–Trinajstić information content (AvgIpc) is 3.32. The molecule has 10 nitrogen and oxygen atoms in total. The van der Waals surface area contributed by atoms with Crippen LogP contribution in [0.25, 0.3) is 10.9 Å². The maximum atomic E-state index is 13.8. The number of sulfonamides is 1. The van der Waals surface area contributed by atoms with Crippen molar-refractivity contribution in [1.82, 2.24) is 15.2 Å². The summed E-state index contributed by atoms with van der Waals surface area (Å²) in [5, 5.41) is 25.7. The lowest BCUT2D eigenvalue weighted by Crippen LogP contribution is -2.50. The Labute approximate surface area is 254 Å². The first-order chi connectivity index (χ1) is 20.7. The van der Waals surface area contributed by atoms with Gasteiger partial charge in [0.15, 0.2) is 0 Å². The molecule has 1 aliphatic heterocycles. The van der Waals surface area contributed by atoms with E-state index in [4.69, 9.17) is 9.90 Å². The molecule has 2 aliphatic rings. The number of hydrogen-bond acceptors (Lipinski definition) is 6. The Bertz CT molecular complexity index is 1480. The third-order valence-electron chi connectivity index (χ3n) is 8.46. The Morgan fingerprint density at radius 3 is 2.51 bits per heavy atom. The molecule has 1 aromatic heterocycles. The first-order valence-corrected chi connectivity index (χ1v) is 16.8. The number of aliphatic hydroxyl groups is 1. The van der Waals surface area contributed by atoms with Crippen molar-refractivity contribution in [2.45, 2.75) is 83.0 Å². The van der Waals surface area contributed by atoms with Crippen LogP contribution in [-0.4, -0.2) is 73.1 Å². The molecule has 0 saturated heterocycles. The molecule has 4 N–H and O–H groups in total. The molecule has 2 atom stereocenters. The molecule has 1 fully saturated rings. The van der Waals surface area contributed by atoms with Crippen LogP contribution in [0.1, 0.15) is 66.9 Å². The molecule has 0 bridgehead atoms. The molecule has 11 heteroatoms. The molecular weight excluding hydrogens is 568 g/mol. The van der Waals surface area contributed by atoms with Gasteiger partial charge in [-0.2, -0.15) is 0 Å². The maximum absolute atomic E-state index is 13.8. The molecule has 0 unspecified atom stereocenters. The van der Waals surface area contributed by atoms with Crippen LogP contribution in [0.15, 0.2) is 48.7 Å². The fourth-order valence-electron chi connectivity index (χ4n) is 6.14. The van der Waals surface area contributed by atoms with Gasteiger partial charge in [-0.15, -0.1) is 0 Å². The van der Waals surface area contributed by atoms with Crippen molar-refractivity contribution in [2.75, 3.05) is 23.7 Å². The summed E-state index contributed by atoms with van der Waals surface area (Å²) < 4.78 is 29.2. The quantitative estimate of drug-likeness (QED) is 0.256. The average molecular weight is 613 g/mol. The van der Waals surface area contributed by atoms with Crippen molar-refractivity contribution < 1.29 is 28.2 Å². The number of carbonyl (C=O) groups excluding carboxylic acids is 1. The smallest absolute Gasteiger partial charge is 0.290 e. The van der Waals surface area contributed by atoms with Gasteiger partial charge in [0.25, 0.3) is 12.4 Å². The number of anilines is 1. The summed E-state index contributed by atoms with van der Waals surface area (Å²) >= 11 is 0. The van der Waals surface area contributed by atoms with Crippen LogP contribution < -0.4 is 14.9 Å². The Hall–Kier alpha value is -3.41. The van der Waals surface area contributed by atoms with Crippen molar-refractivity contribution in [3.05, 3.63) is 65.4 Å². The number of aryl methyl sites for hydroxylation is 2. The van der Waals surface area contributed by atoms with Crippen LogP contribution in [0.5, 0.6) is 0 Å². The second-order valence-electron chi connectivity index (χ2n) is 11.5. The number of aliphatic hydroxyl groups excluding tert-OH is 1. The van der Waals surface area contributed by atoms with Crippen LogP contribution in [-0.2, 0) is 34.2 Å². The minimum atomic E-state index is -3.51. The monoisotopic (exact) mass is 612 g/mol. The summed E-state index contributed by atoms with van der Waals surface area (Å²) in [5.41, 5.74) is 3.90. The van der Waals surface area contributed by atoms with Gasteiger partial charge in [0.1, 0.15) is 0 Å². The highest BCUT2D eigenvalue weighted by molar-refractivity contribution is 7.92. The number of aromatic nitrogens is 1. The first kappa shape index (κ1) is 32.5. The molecule has 1 amide bonds. The Morgan fingerprint density at radius 2 is 1.84 bits per heavy atom. The van der Waals surface area contributed by atoms with Gasteiger partial charge in [0, 0.05) is 43.3 Å². The minimum Gasteiger partial charge on any atom is -0.483 e. The zero-order valence-corrected chi connectivity index (χ0v) is 25.9. The van der Waals surface area contributed by atoms with E-state index >= 15 is 0 Å². The molecule has 5 rings (SSSR count). The lowest BCUT2D eigenvalue weighted by molar-refractivity contribution is -0.122. The van der Waals surface area contributed by atoms with E-state index < -0.39 is 22.2 Å². The summed E-state index contributed by atoms with van der Waals surface area (Å²) in [7, 11) is -1.95. The molecule has 43 heavy (non-hydrogen) atoms. The summed E-state index contributed by atoms with van der Waals surface area (Å²) in [6.07, 6.45) is 9.42. The number of nitrogens with zero attached hydrogens (tertiary/aromatic N) is 2. The van der Waals surface area contributed by atoms with E-state index in [9.17, 15) is 18.3 Å². The van der Waals surface area contributed by atoms with E-state index in [1.165, 1.54) is 23.6 Å². The molecule has 1 saturated carbocycles. The lowest BCUT2D eigenvalue weighted by Gasteiger charge is -2.28. The second-order valence-corrected chi connectivity index (χ2v) is 13.6. The van der Waals surface area contributed by atoms with E-state index in [1.54, 1.807) is 13.1 Å². The van der Waals surface area contributed by atoms with E-state index in [2.05, 4.69) is 17.6 Å². The number of carbonyl (C=O) groups is 2. The fourth-order valence-corrected chi connectivity index (χ4v) is 7.28. The van der Waals surface area contributed by atoms with Gasteiger partial charge >= 0.3 is 0 Å². The first-order valence-electron chi connectivity index (χ1n) is 15.1. The predicted molar refractivity (Wildman–Crippen MR) is 169 cm³/mol. The zero-order valence-electron chi connectivity index (χ0n) is 25.0. The highest BCUT2D eigenvalue weighted by Gasteiger charge is 2.30. The molecule has 2 heterocycles. The number of nitrogens with one attached hydrogen (secondary N) is 2. The van der Waals surface area contributed by atoms with E-state index in [1.807, 2.05) is 47.2 Å². The van der Waals surface area contributed by atoms with Crippen LogP contribution in [0.4, 0.5) is 5.69 Å². The van der Waals surface area contributed by atoms with E-state index in [0.29, 0.717) is 36.8 Å². The molecule has 0 radical (unpaired) electrons. The van der Waals surface area contributed by atoms with Crippen molar-refractivity contribution in [3.8, 4) is 0 Å². The highest BCUT2D eigenvalue weighted by atomic mass is 32.2. The van der Waals surface area contributed by atoms with Gasteiger partial charge in [-0.3, -0.25) is 13.9 Å². The Morgan fingerprint density at radius 1 is 1.14 bits per heavy atom. The van der Waals surface area contributed by atoms with Crippen LogP contribution in [0, 0.1) is 0 Å². The van der Waals surface area contributed by atoms with Gasteiger partial charge < -0.3 is 25.4 Å². The number of benzene rings is 2. The fraction of sp³-hybridized carbons (Fsp3) is 0.500. The molecular formula is C32H44N4O6S. The standard InChI is InChI=1S/C31H42N4O4S.CH2O2/c1-3-10-23-21-35-15-16-40(38,39)34(2)28-19-24(18-26(23)30(28)35)31(37)33-27(17-22-11-6-4-7-12-22)29(36)20-32-25-13-8-5-9-14-25;2-1-3/h4,6-7,11-12,18-19,21,25,27,29,32,36H,3,5,8-10,13-17,20H2,1-2H3,(H,33,37);1H,(H,2,3)/t27-,29+;/m0./s1. The van der Waals surface area contributed by atoms with Gasteiger partial charge in [0.05, 0.1) is 29.1 Å². The normalized spacial score (nSPS) is 17.8. The Kier molecular flexibility index (Phi) is 11.2. The minimum absolute atomic E-state index is 0.00832. The van der Waals surface area contributed by atoms with Crippen LogP contribution in [0.2, 0.25) is 0 Å². The van der Waals surface area contributed by atoms with E-state index in [-0.39, 0.29) is 18.1 Å². The molecule has 234 valence electrons. The van der Waals surface area contributed by atoms with Gasteiger partial charge in [-0.05, 0) is 48.9 Å². The van der Waals surface area contributed by atoms with Crippen molar-refractivity contribution in [1.29, 1.82) is 0 Å². The van der Waals surface area contributed by atoms with Crippen molar-refractivity contribution in [3.63, 3.8) is 0 Å². The SMILES string of the molecule is CCCc1cn2c3c(cc(C(=O)N[C@@H](Cc4ccccc4)[C@H](O)CNC4CCCCC4)cc13)N(C)S(=O)(=O)CC2.O=CO. The molecule has 3 aromatic rings. The summed E-state index contributed by atoms with van der Waals surface area (Å²) in [6.45, 7) is 2.64. The maximum Gasteiger partial charge on any atom is 0.290 e. The highest BCUT2D eigenvalue weighted by Crippen LogP contribution is 2.36. The van der Waals surface area contributed by atoms with Gasteiger partial charge in [-0.1, -0.05) is 62.9 Å². The van der Waals surface area contributed by atoms with Gasteiger partial charge in [-0.25, -0.2) is 8.42 Å². The number of amides is 1. The summed E-state index contributed by atoms with van der Waals surface area (Å²) in [6, 6.07) is 13.3. The Balaban J connectivity index is 0.00000135. The molecule has 1 aliphatic carbocycles. The second kappa shape index (κ2) is 14.9. The zero-order chi connectivity index (χ0) is 31.0. The summed E-state index contributed by atoms with van der Waals surface area (Å²) in [5.74, 6) is -0.310. The molecule has 2 aromatic carbocycles. The predicted octanol–water partition coefficient (Wildman–Crippen LogP) is 3.70. The van der Waals surface area contributed by atoms with Crippen molar-refractivity contribution in [2.24, 2.45) is 0 Å². The number of carboxylic acid groups (broad SMARTS) is 1. The van der Waals surface area contributed by atoms with Crippen LogP contribution >= 0.6 is 0 Å². The third-order valence-corrected chi connectivity index (χ3v) is 10.2. The lowest BCUT2D eigenvalue weighted by atomic mass is 9.94. The number of hydrogen-bond donors (Lipinski definition) is 4. The summed E-state index contributed by atoms with van der Waals surface area (Å²) in [4.78, 5) is 22.2. The van der Waals surface area contributed by atoms with Gasteiger partial charge in [0.2, 0.25) is 10.0 Å².